The van der Waals surface area contributed by atoms with Crippen LogP contribution in [0.4, 0.5) is 4.79 Å². The van der Waals surface area contributed by atoms with E-state index in [1.807, 2.05) is 0 Å². The minimum Gasteiger partial charge on any atom is -0.493 e. The van der Waals surface area contributed by atoms with Gasteiger partial charge in [0.05, 0.1) is 38.4 Å². The summed E-state index contributed by atoms with van der Waals surface area (Å²) in [5.74, 6) is -0.931. The first-order valence-electron chi connectivity index (χ1n) is 17.5. The van der Waals surface area contributed by atoms with E-state index in [1.54, 1.807) is 72.8 Å². The predicted molar refractivity (Wildman–Crippen MR) is 193 cm³/mol. The number of rotatable bonds is 19. The summed E-state index contributed by atoms with van der Waals surface area (Å²) in [5, 5.41) is 0. The highest BCUT2D eigenvalue weighted by molar-refractivity contribution is 5.93. The van der Waals surface area contributed by atoms with Gasteiger partial charge in [-0.1, -0.05) is 43.8 Å². The highest BCUT2D eigenvalue weighted by Crippen LogP contribution is 2.26. The normalized spacial score (nSPS) is 12.5. The van der Waals surface area contributed by atoms with Crippen molar-refractivity contribution in [1.29, 1.82) is 0 Å². The van der Waals surface area contributed by atoms with Gasteiger partial charge < -0.3 is 33.2 Å². The van der Waals surface area contributed by atoms with E-state index < -0.39 is 30.0 Å². The van der Waals surface area contributed by atoms with Crippen molar-refractivity contribution in [2.75, 3.05) is 26.4 Å². The molecule has 0 aromatic heterocycles. The zero-order valence-electron chi connectivity index (χ0n) is 29.6. The largest absolute Gasteiger partial charge is 0.513 e. The molecule has 3 aromatic rings. The number of ether oxygens (including phenoxy) is 7. The summed E-state index contributed by atoms with van der Waals surface area (Å²) in [7, 11) is 0. The van der Waals surface area contributed by atoms with Gasteiger partial charge in [-0.3, -0.25) is 4.79 Å². The molecule has 1 fully saturated rings. The topological polar surface area (TPSA) is 150 Å². The van der Waals surface area contributed by atoms with Crippen molar-refractivity contribution in [1.82, 2.24) is 0 Å². The molecule has 0 spiro atoms. The number of hydrogen-bond acceptors (Lipinski definition) is 12. The number of hydrogen-bond donors (Lipinski definition) is 0. The van der Waals surface area contributed by atoms with Crippen LogP contribution in [0.5, 0.6) is 17.2 Å². The number of carbonyl (C=O) groups excluding carboxylic acids is 5. The molecule has 0 saturated heterocycles. The Balaban J connectivity index is 1.10. The fourth-order valence-electron chi connectivity index (χ4n) is 5.17. The van der Waals surface area contributed by atoms with Crippen LogP contribution in [-0.2, 0) is 33.3 Å². The van der Waals surface area contributed by atoms with Gasteiger partial charge in [0.2, 0.25) is 0 Å². The molecule has 0 amide bonds. The van der Waals surface area contributed by atoms with Gasteiger partial charge in [-0.25, -0.2) is 19.2 Å². The maximum atomic E-state index is 12.7. The summed E-state index contributed by atoms with van der Waals surface area (Å²) in [6, 6.07) is 20.3. The summed E-state index contributed by atoms with van der Waals surface area (Å²) in [5.41, 5.74) is 2.09. The van der Waals surface area contributed by atoms with Crippen LogP contribution < -0.4 is 14.2 Å². The van der Waals surface area contributed by atoms with Crippen molar-refractivity contribution in [2.24, 2.45) is 0 Å². The van der Waals surface area contributed by atoms with Gasteiger partial charge >= 0.3 is 30.0 Å². The lowest BCUT2D eigenvalue weighted by Gasteiger charge is -2.21. The number of benzene rings is 3. The lowest BCUT2D eigenvalue weighted by Crippen LogP contribution is -2.22. The molecular weight excluding hydrogens is 684 g/mol. The van der Waals surface area contributed by atoms with E-state index in [0.717, 1.165) is 49.3 Å². The van der Waals surface area contributed by atoms with E-state index in [-0.39, 0.29) is 44.5 Å². The molecule has 1 saturated carbocycles. The van der Waals surface area contributed by atoms with Crippen molar-refractivity contribution >= 4 is 30.0 Å². The smallest absolute Gasteiger partial charge is 0.493 e. The zero-order chi connectivity index (χ0) is 37.8. The molecule has 12 heteroatoms. The van der Waals surface area contributed by atoms with Crippen LogP contribution in [0.3, 0.4) is 0 Å². The lowest BCUT2D eigenvalue weighted by atomic mass is 9.98. The van der Waals surface area contributed by atoms with Crippen LogP contribution in [0, 0.1) is 0 Å². The third kappa shape index (κ3) is 14.3. The second kappa shape index (κ2) is 21.5. The molecule has 4 rings (SSSR count). The average Bonchev–Trinajstić information content (AvgIpc) is 3.17. The summed E-state index contributed by atoms with van der Waals surface area (Å²) in [6.07, 6.45) is 6.39. The minimum absolute atomic E-state index is 0.0560. The quantitative estimate of drug-likeness (QED) is 0.0297. The molecule has 0 N–H and O–H groups in total. The summed E-state index contributed by atoms with van der Waals surface area (Å²) >= 11 is 0. The molecule has 1 aliphatic rings. The second-order valence-electron chi connectivity index (χ2n) is 12.1. The van der Waals surface area contributed by atoms with Crippen molar-refractivity contribution in [2.45, 2.75) is 63.9 Å². The van der Waals surface area contributed by atoms with E-state index >= 15 is 0 Å². The van der Waals surface area contributed by atoms with Crippen LogP contribution >= 0.6 is 0 Å². The average molecular weight is 729 g/mol. The SMILES string of the molecule is C=CC(=O)OCCCCOC(=O)Oc1ccc(-c2ccc(OC(=O)c3ccc(OCCCOC(=O)C(=C)CC(=O)OC4CCCCC4)cc3)cc2)cc1. The van der Waals surface area contributed by atoms with Gasteiger partial charge in [0, 0.05) is 18.1 Å². The van der Waals surface area contributed by atoms with Crippen LogP contribution in [0.15, 0.2) is 97.6 Å². The molecule has 0 radical (unpaired) electrons. The molecule has 12 nitrogen and oxygen atoms in total. The van der Waals surface area contributed by atoms with Gasteiger partial charge in [0.1, 0.15) is 23.4 Å². The monoisotopic (exact) mass is 728 g/mol. The van der Waals surface area contributed by atoms with E-state index in [1.165, 1.54) is 0 Å². The maximum absolute atomic E-state index is 12.7. The third-order valence-electron chi connectivity index (χ3n) is 8.00. The molecule has 3 aromatic carbocycles. The molecule has 0 heterocycles. The van der Waals surface area contributed by atoms with Gasteiger partial charge in [0.25, 0.3) is 0 Å². The Bertz CT molecular complexity index is 1690. The predicted octanol–water partition coefficient (Wildman–Crippen LogP) is 7.73. The Kier molecular flexibility index (Phi) is 16.1. The number of carbonyl (C=O) groups is 5. The highest BCUT2D eigenvalue weighted by atomic mass is 16.7. The van der Waals surface area contributed by atoms with Gasteiger partial charge in [-0.05, 0) is 98.2 Å². The van der Waals surface area contributed by atoms with E-state index in [0.29, 0.717) is 42.1 Å². The zero-order valence-corrected chi connectivity index (χ0v) is 29.6. The summed E-state index contributed by atoms with van der Waals surface area (Å²) in [6.45, 7) is 7.67. The second-order valence-corrected chi connectivity index (χ2v) is 12.1. The Morgan fingerprint density at radius 3 is 1.83 bits per heavy atom. The molecule has 0 atom stereocenters. The van der Waals surface area contributed by atoms with E-state index in [2.05, 4.69) is 13.2 Å². The highest BCUT2D eigenvalue weighted by Gasteiger charge is 2.20. The molecule has 280 valence electrons. The first-order chi connectivity index (χ1) is 25.7. The summed E-state index contributed by atoms with van der Waals surface area (Å²) < 4.78 is 36.9. The summed E-state index contributed by atoms with van der Waals surface area (Å²) in [4.78, 5) is 59.9. The molecular formula is C41H44O12. The first-order valence-corrected chi connectivity index (χ1v) is 17.5. The van der Waals surface area contributed by atoms with E-state index in [9.17, 15) is 24.0 Å². The third-order valence-corrected chi connectivity index (χ3v) is 8.00. The van der Waals surface area contributed by atoms with Crippen molar-refractivity contribution in [3.63, 3.8) is 0 Å². The van der Waals surface area contributed by atoms with Gasteiger partial charge in [-0.15, -0.1) is 0 Å². The van der Waals surface area contributed by atoms with Gasteiger partial charge in [-0.2, -0.15) is 0 Å². The number of esters is 4. The Labute approximate surface area is 308 Å². The molecule has 0 aliphatic heterocycles. The van der Waals surface area contributed by atoms with E-state index in [4.69, 9.17) is 33.2 Å². The van der Waals surface area contributed by atoms with Gasteiger partial charge in [0.15, 0.2) is 0 Å². The van der Waals surface area contributed by atoms with Crippen LogP contribution in [-0.4, -0.2) is 62.6 Å². The fourth-order valence-corrected chi connectivity index (χ4v) is 5.17. The Morgan fingerprint density at radius 2 is 1.21 bits per heavy atom. The Hall–Kier alpha value is -5.91. The van der Waals surface area contributed by atoms with Crippen LogP contribution in [0.1, 0.15) is 68.1 Å². The minimum atomic E-state index is -0.834. The van der Waals surface area contributed by atoms with Crippen molar-refractivity contribution < 1.29 is 57.1 Å². The van der Waals surface area contributed by atoms with Crippen molar-refractivity contribution in [3.8, 4) is 28.4 Å². The van der Waals surface area contributed by atoms with Crippen LogP contribution in [0.25, 0.3) is 11.1 Å². The molecule has 1 aliphatic carbocycles. The first kappa shape index (κ1) is 39.9. The molecule has 53 heavy (non-hydrogen) atoms. The lowest BCUT2D eigenvalue weighted by molar-refractivity contribution is -0.151. The Morgan fingerprint density at radius 1 is 0.642 bits per heavy atom. The number of unbranched alkanes of at least 4 members (excludes halogenated alkanes) is 1. The molecule has 0 unspecified atom stereocenters. The van der Waals surface area contributed by atoms with Crippen molar-refractivity contribution in [3.05, 3.63) is 103 Å². The standard InChI is InChI=1S/C41H44O12/c1-3-37(42)48-24-7-8-25-50-41(46)53-36-22-14-31(15-23-36)30-12-20-35(21-13-30)52-40(45)32-16-18-33(19-17-32)47-26-9-27-49-39(44)29(2)28-38(43)51-34-10-5-4-6-11-34/h3,12-23,34H,1-2,4-11,24-28H2. The maximum Gasteiger partial charge on any atom is 0.513 e. The van der Waals surface area contributed by atoms with Crippen LogP contribution in [0.2, 0.25) is 0 Å². The fraction of sp³-hybridized carbons (Fsp3) is 0.341. The molecule has 0 bridgehead atoms.